The predicted octanol–water partition coefficient (Wildman–Crippen LogP) is 2.66. The Bertz CT molecular complexity index is 195. The van der Waals surface area contributed by atoms with Gasteiger partial charge in [0.15, 0.2) is 0 Å². The van der Waals surface area contributed by atoms with Gasteiger partial charge in [0, 0.05) is 19.1 Å². The minimum absolute atomic E-state index is 0.391. The third-order valence-corrected chi connectivity index (χ3v) is 3.75. The lowest BCUT2D eigenvalue weighted by atomic mass is 10.0. The molecule has 2 atom stereocenters. The lowest BCUT2D eigenvalue weighted by Crippen LogP contribution is -2.52. The van der Waals surface area contributed by atoms with Gasteiger partial charge in [0.1, 0.15) is 0 Å². The number of morpholine rings is 1. The summed E-state index contributed by atoms with van der Waals surface area (Å²) in [5.74, 6) is 0. The standard InChI is InChI=1S/C15H32N2O/c1-4-7-8-9-14(16-6-3)15-13-17(10-5-2)11-12-18-15/h14-16H,4-13H2,1-3H3. The van der Waals surface area contributed by atoms with Crippen LogP contribution in [0.2, 0.25) is 0 Å². The quantitative estimate of drug-likeness (QED) is 0.642. The number of hydrogen-bond acceptors (Lipinski definition) is 3. The number of nitrogens with one attached hydrogen (secondary N) is 1. The molecule has 1 N–H and O–H groups in total. The van der Waals surface area contributed by atoms with Crippen molar-refractivity contribution in [1.82, 2.24) is 10.2 Å². The molecule has 0 bridgehead atoms. The molecule has 0 aromatic rings. The van der Waals surface area contributed by atoms with Crippen LogP contribution in [-0.4, -0.2) is 49.8 Å². The Morgan fingerprint density at radius 3 is 2.72 bits per heavy atom. The lowest BCUT2D eigenvalue weighted by Gasteiger charge is -2.37. The Balaban J connectivity index is 2.39. The Morgan fingerprint density at radius 1 is 1.22 bits per heavy atom. The summed E-state index contributed by atoms with van der Waals surface area (Å²) < 4.78 is 6.00. The first-order valence-corrected chi connectivity index (χ1v) is 7.89. The first-order chi connectivity index (χ1) is 8.81. The zero-order valence-corrected chi connectivity index (χ0v) is 12.6. The molecule has 0 aromatic heterocycles. The van der Waals surface area contributed by atoms with Gasteiger partial charge in [-0.15, -0.1) is 0 Å². The zero-order chi connectivity index (χ0) is 13.2. The highest BCUT2D eigenvalue weighted by Gasteiger charge is 2.26. The molecule has 1 fully saturated rings. The van der Waals surface area contributed by atoms with Gasteiger partial charge < -0.3 is 10.1 Å². The van der Waals surface area contributed by atoms with E-state index in [1.165, 1.54) is 38.6 Å². The van der Waals surface area contributed by atoms with Gasteiger partial charge in [-0.3, -0.25) is 4.90 Å². The van der Waals surface area contributed by atoms with Gasteiger partial charge in [-0.2, -0.15) is 0 Å². The van der Waals surface area contributed by atoms with E-state index in [1.807, 2.05) is 0 Å². The molecule has 0 spiro atoms. The number of hydrogen-bond donors (Lipinski definition) is 1. The molecule has 0 aromatic carbocycles. The fourth-order valence-electron chi connectivity index (χ4n) is 2.79. The van der Waals surface area contributed by atoms with Crippen LogP contribution in [0.25, 0.3) is 0 Å². The summed E-state index contributed by atoms with van der Waals surface area (Å²) in [5, 5.41) is 3.62. The number of likely N-dealkylation sites (N-methyl/N-ethyl adjacent to an activating group) is 1. The van der Waals surface area contributed by atoms with Crippen LogP contribution in [0.15, 0.2) is 0 Å². The van der Waals surface area contributed by atoms with E-state index < -0.39 is 0 Å². The van der Waals surface area contributed by atoms with E-state index in [0.717, 1.165) is 26.2 Å². The highest BCUT2D eigenvalue weighted by Crippen LogP contribution is 2.14. The molecular formula is C15H32N2O. The zero-order valence-electron chi connectivity index (χ0n) is 12.6. The van der Waals surface area contributed by atoms with Crippen LogP contribution in [0.3, 0.4) is 0 Å². The number of ether oxygens (including phenoxy) is 1. The summed E-state index contributed by atoms with van der Waals surface area (Å²) in [6, 6.07) is 0.543. The van der Waals surface area contributed by atoms with Crippen LogP contribution in [0.1, 0.15) is 52.9 Å². The van der Waals surface area contributed by atoms with Crippen molar-refractivity contribution in [3.63, 3.8) is 0 Å². The van der Waals surface area contributed by atoms with Gasteiger partial charge >= 0.3 is 0 Å². The van der Waals surface area contributed by atoms with Crippen molar-refractivity contribution in [1.29, 1.82) is 0 Å². The molecule has 108 valence electrons. The Morgan fingerprint density at radius 2 is 2.06 bits per heavy atom. The van der Waals surface area contributed by atoms with Crippen molar-refractivity contribution >= 4 is 0 Å². The first kappa shape index (κ1) is 15.9. The molecule has 1 saturated heterocycles. The maximum absolute atomic E-state index is 6.00. The fraction of sp³-hybridized carbons (Fsp3) is 1.00. The topological polar surface area (TPSA) is 24.5 Å². The Kier molecular flexibility index (Phi) is 8.64. The summed E-state index contributed by atoms with van der Waals surface area (Å²) >= 11 is 0. The van der Waals surface area contributed by atoms with Gasteiger partial charge in [0.25, 0.3) is 0 Å². The summed E-state index contributed by atoms with van der Waals surface area (Å²) in [6.07, 6.45) is 6.85. The van der Waals surface area contributed by atoms with Crippen LogP contribution in [0, 0.1) is 0 Å². The summed E-state index contributed by atoms with van der Waals surface area (Å²) in [6.45, 7) is 12.1. The highest BCUT2D eigenvalue weighted by atomic mass is 16.5. The first-order valence-electron chi connectivity index (χ1n) is 7.89. The van der Waals surface area contributed by atoms with Gasteiger partial charge in [0.05, 0.1) is 12.7 Å². The maximum atomic E-state index is 6.00. The van der Waals surface area contributed by atoms with Gasteiger partial charge in [-0.05, 0) is 25.9 Å². The fourth-order valence-corrected chi connectivity index (χ4v) is 2.79. The molecule has 0 saturated carbocycles. The molecule has 18 heavy (non-hydrogen) atoms. The van der Waals surface area contributed by atoms with Crippen molar-refractivity contribution in [3.05, 3.63) is 0 Å². The molecule has 0 aliphatic carbocycles. The minimum Gasteiger partial charge on any atom is -0.374 e. The van der Waals surface area contributed by atoms with Crippen molar-refractivity contribution in [2.45, 2.75) is 65.0 Å². The Hall–Kier alpha value is -0.120. The van der Waals surface area contributed by atoms with Crippen molar-refractivity contribution < 1.29 is 4.74 Å². The van der Waals surface area contributed by atoms with Crippen molar-refractivity contribution in [2.24, 2.45) is 0 Å². The largest absolute Gasteiger partial charge is 0.374 e. The lowest BCUT2D eigenvalue weighted by molar-refractivity contribution is -0.0476. The van der Waals surface area contributed by atoms with Crippen LogP contribution in [-0.2, 0) is 4.74 Å². The Labute approximate surface area is 113 Å². The molecule has 1 rings (SSSR count). The third kappa shape index (κ3) is 5.68. The second-order valence-corrected chi connectivity index (χ2v) is 5.37. The van der Waals surface area contributed by atoms with E-state index in [0.29, 0.717) is 12.1 Å². The van der Waals surface area contributed by atoms with E-state index in [2.05, 4.69) is 31.0 Å². The molecule has 1 aliphatic rings. The van der Waals surface area contributed by atoms with Gasteiger partial charge in [0.2, 0.25) is 0 Å². The average Bonchev–Trinajstić information content (AvgIpc) is 2.39. The predicted molar refractivity (Wildman–Crippen MR) is 78.1 cm³/mol. The number of unbranched alkanes of at least 4 members (excludes halogenated alkanes) is 2. The highest BCUT2D eigenvalue weighted by molar-refractivity contribution is 4.82. The monoisotopic (exact) mass is 256 g/mol. The molecule has 1 aliphatic heterocycles. The van der Waals surface area contributed by atoms with Crippen molar-refractivity contribution in [2.75, 3.05) is 32.8 Å². The van der Waals surface area contributed by atoms with Crippen LogP contribution < -0.4 is 5.32 Å². The van der Waals surface area contributed by atoms with E-state index in [-0.39, 0.29) is 0 Å². The van der Waals surface area contributed by atoms with Gasteiger partial charge in [-0.25, -0.2) is 0 Å². The average molecular weight is 256 g/mol. The number of nitrogens with zero attached hydrogens (tertiary/aromatic N) is 1. The summed E-state index contributed by atoms with van der Waals surface area (Å²) in [5.41, 5.74) is 0. The SMILES string of the molecule is CCCCCC(NCC)C1CN(CCC)CCO1. The third-order valence-electron chi connectivity index (χ3n) is 3.75. The number of rotatable bonds is 9. The molecule has 3 nitrogen and oxygen atoms in total. The van der Waals surface area contributed by atoms with E-state index >= 15 is 0 Å². The van der Waals surface area contributed by atoms with E-state index in [9.17, 15) is 0 Å². The van der Waals surface area contributed by atoms with E-state index in [1.54, 1.807) is 0 Å². The summed E-state index contributed by atoms with van der Waals surface area (Å²) in [7, 11) is 0. The van der Waals surface area contributed by atoms with Crippen molar-refractivity contribution in [3.8, 4) is 0 Å². The maximum Gasteiger partial charge on any atom is 0.0855 e. The molecular weight excluding hydrogens is 224 g/mol. The normalized spacial score (nSPS) is 23.2. The van der Waals surface area contributed by atoms with Crippen LogP contribution in [0.5, 0.6) is 0 Å². The molecule has 2 unspecified atom stereocenters. The van der Waals surface area contributed by atoms with Crippen LogP contribution in [0.4, 0.5) is 0 Å². The molecule has 0 amide bonds. The molecule has 1 heterocycles. The molecule has 3 heteroatoms. The van der Waals surface area contributed by atoms with Gasteiger partial charge in [-0.1, -0.05) is 40.0 Å². The minimum atomic E-state index is 0.391. The summed E-state index contributed by atoms with van der Waals surface area (Å²) in [4.78, 5) is 2.55. The second-order valence-electron chi connectivity index (χ2n) is 5.37. The second kappa shape index (κ2) is 9.76. The molecule has 0 radical (unpaired) electrons. The smallest absolute Gasteiger partial charge is 0.0855 e. The van der Waals surface area contributed by atoms with Crippen LogP contribution >= 0.6 is 0 Å². The van der Waals surface area contributed by atoms with E-state index in [4.69, 9.17) is 4.74 Å².